The smallest absolute Gasteiger partial charge is 1.00 e. The van der Waals surface area contributed by atoms with E-state index in [1.807, 2.05) is 0 Å². The SMILES string of the molecule is C[c-]1ccc([Si]2(C)CCC2)c1.C[c-]1ccc([Si]2(C)CCC2)c1.[Cl-].[Cl-].[Zr+4]. The van der Waals surface area contributed by atoms with Gasteiger partial charge in [-0.05, 0) is 0 Å². The quantitative estimate of drug-likeness (QED) is 0.369. The fraction of sp³-hybridized carbons (Fsp3) is 0.500. The Morgan fingerprint density at radius 3 is 1.20 bits per heavy atom. The van der Waals surface area contributed by atoms with E-state index in [0.29, 0.717) is 0 Å². The normalized spacial score (nSPS) is 18.7. The van der Waals surface area contributed by atoms with Gasteiger partial charge in [0.1, 0.15) is 0 Å². The Labute approximate surface area is 187 Å². The molecule has 0 unspecified atom stereocenters. The maximum Gasteiger partial charge on any atom is 4.00 e. The minimum atomic E-state index is -0.852. The Balaban J connectivity index is 0.000000411. The van der Waals surface area contributed by atoms with Gasteiger partial charge in [0.25, 0.3) is 0 Å². The van der Waals surface area contributed by atoms with E-state index in [1.54, 1.807) is 10.4 Å². The molecule has 0 bridgehead atoms. The van der Waals surface area contributed by atoms with E-state index in [2.05, 4.69) is 63.3 Å². The molecular weight excluding hydrogens is 459 g/mol. The Kier molecular flexibility index (Phi) is 10.5. The van der Waals surface area contributed by atoms with Gasteiger partial charge in [-0.2, -0.15) is 35.4 Å². The molecule has 136 valence electrons. The first kappa shape index (κ1) is 25.6. The summed E-state index contributed by atoms with van der Waals surface area (Å²) in [4.78, 5) is 0. The van der Waals surface area contributed by atoms with Gasteiger partial charge in [0.15, 0.2) is 0 Å². The van der Waals surface area contributed by atoms with Gasteiger partial charge in [0.05, 0.1) is 0 Å². The molecule has 2 aliphatic rings. The van der Waals surface area contributed by atoms with Gasteiger partial charge in [0, 0.05) is 16.1 Å². The molecule has 0 nitrogen and oxygen atoms in total. The molecule has 2 aliphatic heterocycles. The average molecular weight is 489 g/mol. The van der Waals surface area contributed by atoms with Crippen LogP contribution in [0, 0.1) is 13.8 Å². The van der Waals surface area contributed by atoms with Gasteiger partial charge in [-0.15, -0.1) is 0 Å². The van der Waals surface area contributed by atoms with E-state index in [9.17, 15) is 0 Å². The van der Waals surface area contributed by atoms with Crippen LogP contribution in [0.4, 0.5) is 0 Å². The number of halogens is 2. The Bertz CT molecular complexity index is 583. The van der Waals surface area contributed by atoms with Crippen molar-refractivity contribution in [2.45, 2.75) is 64.0 Å². The first-order valence-electron chi connectivity index (χ1n) is 8.89. The molecule has 0 N–H and O–H groups in total. The number of aryl methyl sites for hydroxylation is 2. The van der Waals surface area contributed by atoms with Crippen LogP contribution in [0.1, 0.15) is 24.0 Å². The summed E-state index contributed by atoms with van der Waals surface area (Å²) in [6, 6.07) is 20.1. The molecule has 5 heteroatoms. The maximum absolute atomic E-state index is 2.52. The van der Waals surface area contributed by atoms with E-state index in [4.69, 9.17) is 0 Å². The van der Waals surface area contributed by atoms with Gasteiger partial charge in [-0.1, -0.05) is 64.0 Å². The van der Waals surface area contributed by atoms with Crippen molar-refractivity contribution < 1.29 is 51.0 Å². The van der Waals surface area contributed by atoms with E-state index in [1.165, 1.54) is 48.1 Å². The third kappa shape index (κ3) is 5.78. The van der Waals surface area contributed by atoms with E-state index in [0.717, 1.165) is 0 Å². The van der Waals surface area contributed by atoms with E-state index in [-0.39, 0.29) is 51.0 Å². The predicted octanol–water partition coefficient (Wildman–Crippen LogP) is -1.19. The fourth-order valence-corrected chi connectivity index (χ4v) is 9.97. The molecule has 2 aromatic carbocycles. The summed E-state index contributed by atoms with van der Waals surface area (Å²) >= 11 is 0. The summed E-state index contributed by atoms with van der Waals surface area (Å²) in [5.41, 5.74) is 2.89. The summed E-state index contributed by atoms with van der Waals surface area (Å²) in [5.74, 6) is 0. The predicted molar refractivity (Wildman–Crippen MR) is 105 cm³/mol. The van der Waals surface area contributed by atoms with Crippen molar-refractivity contribution in [2.75, 3.05) is 0 Å². The third-order valence-electron chi connectivity index (χ3n) is 6.13. The van der Waals surface area contributed by atoms with Gasteiger partial charge in [-0.3, -0.25) is 0 Å². The zero-order chi connectivity index (χ0) is 15.8. The van der Waals surface area contributed by atoms with Crippen molar-refractivity contribution in [2.24, 2.45) is 0 Å². The second kappa shape index (κ2) is 10.2. The van der Waals surface area contributed by atoms with Crippen LogP contribution in [-0.4, -0.2) is 16.1 Å². The van der Waals surface area contributed by atoms with Crippen LogP contribution in [0.3, 0.4) is 0 Å². The van der Waals surface area contributed by atoms with Crippen LogP contribution >= 0.6 is 0 Å². The van der Waals surface area contributed by atoms with Gasteiger partial charge < -0.3 is 24.8 Å². The summed E-state index contributed by atoms with van der Waals surface area (Å²) in [7, 11) is -1.70. The zero-order valence-corrected chi connectivity index (χ0v) is 21.9. The van der Waals surface area contributed by atoms with Crippen molar-refractivity contribution in [3.8, 4) is 0 Å². The van der Waals surface area contributed by atoms with Crippen LogP contribution in [0.5, 0.6) is 0 Å². The number of rotatable bonds is 2. The van der Waals surface area contributed by atoms with Crippen LogP contribution in [0.2, 0.25) is 37.3 Å². The fourth-order valence-electron chi connectivity index (χ4n) is 3.87. The largest absolute Gasteiger partial charge is 4.00 e. The zero-order valence-electron chi connectivity index (χ0n) is 16.0. The molecule has 2 aromatic rings. The molecule has 25 heavy (non-hydrogen) atoms. The molecular formula is C20H30Cl2Si2Zr. The first-order chi connectivity index (χ1) is 10.4. The summed E-state index contributed by atoms with van der Waals surface area (Å²) in [6.07, 6.45) is 2.96. The second-order valence-electron chi connectivity index (χ2n) is 8.18. The summed E-state index contributed by atoms with van der Waals surface area (Å²) in [5, 5.41) is 3.39. The van der Waals surface area contributed by atoms with Crippen LogP contribution in [-0.2, 0) is 26.2 Å². The third-order valence-corrected chi connectivity index (χ3v) is 15.4. The topological polar surface area (TPSA) is 0 Å². The average Bonchev–Trinajstić information content (AvgIpc) is 3.03. The maximum atomic E-state index is 2.52. The minimum absolute atomic E-state index is 0. The van der Waals surface area contributed by atoms with Crippen LogP contribution in [0.25, 0.3) is 0 Å². The molecule has 0 radical (unpaired) electrons. The molecule has 0 aromatic heterocycles. The van der Waals surface area contributed by atoms with E-state index < -0.39 is 16.1 Å². The van der Waals surface area contributed by atoms with Crippen molar-refractivity contribution in [1.82, 2.24) is 0 Å². The van der Waals surface area contributed by atoms with Crippen molar-refractivity contribution >= 4 is 26.5 Å². The number of hydrogen-bond donors (Lipinski definition) is 0. The molecule has 0 spiro atoms. The van der Waals surface area contributed by atoms with Crippen LogP contribution in [0.15, 0.2) is 36.4 Å². The van der Waals surface area contributed by atoms with Crippen molar-refractivity contribution in [3.05, 3.63) is 47.5 Å². The van der Waals surface area contributed by atoms with Gasteiger partial charge in [0.2, 0.25) is 0 Å². The monoisotopic (exact) mass is 486 g/mol. The molecule has 0 saturated carbocycles. The minimum Gasteiger partial charge on any atom is -1.00 e. The Morgan fingerprint density at radius 2 is 1.04 bits per heavy atom. The molecule has 2 fully saturated rings. The van der Waals surface area contributed by atoms with Gasteiger partial charge >= 0.3 is 26.2 Å². The molecule has 0 aliphatic carbocycles. The van der Waals surface area contributed by atoms with E-state index >= 15 is 0 Å². The second-order valence-corrected chi connectivity index (χ2v) is 17.6. The van der Waals surface area contributed by atoms with Crippen molar-refractivity contribution in [3.63, 3.8) is 0 Å². The number of hydrogen-bond acceptors (Lipinski definition) is 0. The summed E-state index contributed by atoms with van der Waals surface area (Å²) in [6.45, 7) is 9.43. The summed E-state index contributed by atoms with van der Waals surface area (Å²) < 4.78 is 0. The molecule has 0 amide bonds. The van der Waals surface area contributed by atoms with Crippen molar-refractivity contribution in [1.29, 1.82) is 0 Å². The molecule has 4 rings (SSSR count). The standard InChI is InChI=1S/2C10H15Si.2ClH.Zr/c2*1-9-4-5-10(8-9)11(2)6-3-7-11;;;/h2*4-5,8H,3,6-7H2,1-2H3;2*1H;/q2*-1;;;+4/p-2. The molecule has 2 saturated heterocycles. The first-order valence-corrected chi connectivity index (χ1v) is 14.7. The Hall–Kier alpha value is 0.597. The molecule has 2 heterocycles. The van der Waals surface area contributed by atoms with Gasteiger partial charge in [-0.25, -0.2) is 22.5 Å². The van der Waals surface area contributed by atoms with Crippen LogP contribution < -0.4 is 35.2 Å². The Morgan fingerprint density at radius 1 is 0.720 bits per heavy atom. The molecule has 0 atom stereocenters.